The molecule has 4 nitrogen and oxygen atoms in total. The summed E-state index contributed by atoms with van der Waals surface area (Å²) in [4.78, 5) is 11.2. The Hall–Kier alpha value is -1.32. The van der Waals surface area contributed by atoms with Crippen LogP contribution in [0.3, 0.4) is 0 Å². The smallest absolute Gasteiger partial charge is 0.224 e. The van der Waals surface area contributed by atoms with Crippen LogP contribution < -0.4 is 10.2 Å². The maximum Gasteiger partial charge on any atom is 0.224 e. The van der Waals surface area contributed by atoms with Crippen molar-refractivity contribution in [2.75, 3.05) is 23.3 Å². The van der Waals surface area contributed by atoms with E-state index >= 15 is 0 Å². The first-order valence-electron chi connectivity index (χ1n) is 6.54. The topological polar surface area (TPSA) is 41.1 Å². The van der Waals surface area contributed by atoms with Gasteiger partial charge in [0.05, 0.1) is 0 Å². The molecule has 0 spiro atoms. The van der Waals surface area contributed by atoms with Crippen LogP contribution in [0.4, 0.5) is 11.8 Å². The number of hydrogen-bond donors (Lipinski definition) is 1. The molecule has 0 saturated heterocycles. The molecule has 0 amide bonds. The van der Waals surface area contributed by atoms with E-state index in [1.54, 1.807) is 0 Å². The summed E-state index contributed by atoms with van der Waals surface area (Å²) in [6.45, 7) is 8.50. The molecule has 1 fully saturated rings. The largest absolute Gasteiger partial charge is 0.354 e. The van der Waals surface area contributed by atoms with Gasteiger partial charge in [-0.25, -0.2) is 4.98 Å². The van der Waals surface area contributed by atoms with Crippen molar-refractivity contribution < 1.29 is 0 Å². The lowest BCUT2D eigenvalue weighted by Gasteiger charge is -2.25. The molecule has 1 aliphatic carbocycles. The number of rotatable bonds is 6. The third-order valence-corrected chi connectivity index (χ3v) is 2.82. The van der Waals surface area contributed by atoms with Crippen LogP contribution in [0.2, 0.25) is 0 Å². The van der Waals surface area contributed by atoms with Gasteiger partial charge in [0.15, 0.2) is 0 Å². The van der Waals surface area contributed by atoms with E-state index in [1.807, 2.05) is 12.3 Å². The molecule has 2 rings (SSSR count). The predicted molar refractivity (Wildman–Crippen MR) is 71.4 cm³/mol. The van der Waals surface area contributed by atoms with Crippen molar-refractivity contribution in [2.24, 2.45) is 5.92 Å². The van der Waals surface area contributed by atoms with Crippen molar-refractivity contribution in [3.05, 3.63) is 12.3 Å². The molecule has 1 aromatic rings. The molecule has 1 N–H and O–H groups in total. The zero-order valence-electron chi connectivity index (χ0n) is 11.0. The SMILES string of the molecule is CCNc1nccc(N(CC(C)C)C2CC2)n1. The van der Waals surface area contributed by atoms with Crippen LogP contribution in [-0.2, 0) is 0 Å². The first-order chi connectivity index (χ1) is 8.20. The quantitative estimate of drug-likeness (QED) is 0.821. The summed E-state index contributed by atoms with van der Waals surface area (Å²) in [5, 5.41) is 3.17. The molecule has 0 aliphatic heterocycles. The first-order valence-corrected chi connectivity index (χ1v) is 6.54. The molecule has 0 bridgehead atoms. The zero-order valence-corrected chi connectivity index (χ0v) is 11.0. The van der Waals surface area contributed by atoms with E-state index in [2.05, 4.69) is 41.0 Å². The molecule has 4 heteroatoms. The van der Waals surface area contributed by atoms with Gasteiger partial charge in [0.25, 0.3) is 0 Å². The fourth-order valence-corrected chi connectivity index (χ4v) is 1.96. The Morgan fingerprint density at radius 2 is 2.24 bits per heavy atom. The van der Waals surface area contributed by atoms with E-state index < -0.39 is 0 Å². The second-order valence-corrected chi connectivity index (χ2v) is 5.05. The molecular formula is C13H22N4. The van der Waals surface area contributed by atoms with Crippen LogP contribution in [-0.4, -0.2) is 29.1 Å². The second kappa shape index (κ2) is 5.34. The maximum absolute atomic E-state index is 4.58. The van der Waals surface area contributed by atoms with Gasteiger partial charge in [-0.05, 0) is 31.7 Å². The van der Waals surface area contributed by atoms with E-state index in [0.29, 0.717) is 12.0 Å². The summed E-state index contributed by atoms with van der Waals surface area (Å²) in [7, 11) is 0. The van der Waals surface area contributed by atoms with Crippen molar-refractivity contribution in [3.8, 4) is 0 Å². The highest BCUT2D eigenvalue weighted by atomic mass is 15.3. The summed E-state index contributed by atoms with van der Waals surface area (Å²) < 4.78 is 0. The number of aromatic nitrogens is 2. The van der Waals surface area contributed by atoms with Crippen molar-refractivity contribution in [3.63, 3.8) is 0 Å². The summed E-state index contributed by atoms with van der Waals surface area (Å²) >= 11 is 0. The van der Waals surface area contributed by atoms with Crippen LogP contribution >= 0.6 is 0 Å². The maximum atomic E-state index is 4.58. The Morgan fingerprint density at radius 3 is 2.82 bits per heavy atom. The fraction of sp³-hybridized carbons (Fsp3) is 0.692. The van der Waals surface area contributed by atoms with Gasteiger partial charge in [-0.15, -0.1) is 0 Å². The third kappa shape index (κ3) is 3.32. The minimum atomic E-state index is 0.660. The van der Waals surface area contributed by atoms with Crippen LogP contribution in [0.15, 0.2) is 12.3 Å². The van der Waals surface area contributed by atoms with E-state index in [-0.39, 0.29) is 0 Å². The van der Waals surface area contributed by atoms with Crippen LogP contribution in [0.1, 0.15) is 33.6 Å². The van der Waals surface area contributed by atoms with Crippen molar-refractivity contribution in [2.45, 2.75) is 39.7 Å². The van der Waals surface area contributed by atoms with Crippen LogP contribution in [0.5, 0.6) is 0 Å². The molecule has 0 aromatic carbocycles. The van der Waals surface area contributed by atoms with Gasteiger partial charge < -0.3 is 10.2 Å². The van der Waals surface area contributed by atoms with Gasteiger partial charge in [-0.2, -0.15) is 4.98 Å². The Bertz CT molecular complexity index is 360. The number of nitrogens with zero attached hydrogens (tertiary/aromatic N) is 3. The Labute approximate surface area is 103 Å². The molecule has 1 aliphatic rings. The lowest BCUT2D eigenvalue weighted by molar-refractivity contribution is 0.602. The van der Waals surface area contributed by atoms with Crippen LogP contribution in [0, 0.1) is 5.92 Å². The molecule has 0 radical (unpaired) electrons. The Kier molecular flexibility index (Phi) is 3.82. The normalized spacial score (nSPS) is 15.1. The molecule has 17 heavy (non-hydrogen) atoms. The third-order valence-electron chi connectivity index (χ3n) is 2.82. The number of hydrogen-bond acceptors (Lipinski definition) is 4. The van der Waals surface area contributed by atoms with Gasteiger partial charge in [-0.1, -0.05) is 13.8 Å². The average molecular weight is 234 g/mol. The summed E-state index contributed by atoms with van der Waals surface area (Å²) in [6, 6.07) is 2.71. The molecule has 0 atom stereocenters. The van der Waals surface area contributed by atoms with E-state index in [0.717, 1.165) is 24.9 Å². The minimum Gasteiger partial charge on any atom is -0.354 e. The van der Waals surface area contributed by atoms with Crippen molar-refractivity contribution in [1.29, 1.82) is 0 Å². The molecule has 0 unspecified atom stereocenters. The number of anilines is 2. The fourth-order valence-electron chi connectivity index (χ4n) is 1.96. The summed E-state index contributed by atoms with van der Waals surface area (Å²) in [5.41, 5.74) is 0. The highest BCUT2D eigenvalue weighted by molar-refractivity contribution is 5.44. The van der Waals surface area contributed by atoms with Gasteiger partial charge in [0, 0.05) is 25.3 Å². The van der Waals surface area contributed by atoms with Gasteiger partial charge in [0.2, 0.25) is 5.95 Å². The van der Waals surface area contributed by atoms with Crippen molar-refractivity contribution >= 4 is 11.8 Å². The van der Waals surface area contributed by atoms with E-state index in [4.69, 9.17) is 0 Å². The lowest BCUT2D eigenvalue weighted by Crippen LogP contribution is -2.30. The zero-order chi connectivity index (χ0) is 12.3. The molecule has 1 heterocycles. The van der Waals surface area contributed by atoms with Crippen LogP contribution in [0.25, 0.3) is 0 Å². The molecule has 94 valence electrons. The van der Waals surface area contributed by atoms with Gasteiger partial charge in [-0.3, -0.25) is 0 Å². The Morgan fingerprint density at radius 1 is 1.47 bits per heavy atom. The standard InChI is InChI=1S/C13H22N4/c1-4-14-13-15-8-7-12(16-13)17(9-10(2)3)11-5-6-11/h7-8,10-11H,4-6,9H2,1-3H3,(H,14,15,16). The Balaban J connectivity index is 2.13. The van der Waals surface area contributed by atoms with Gasteiger partial charge >= 0.3 is 0 Å². The molecule has 1 saturated carbocycles. The van der Waals surface area contributed by atoms with E-state index in [9.17, 15) is 0 Å². The molecule has 1 aromatic heterocycles. The van der Waals surface area contributed by atoms with Crippen molar-refractivity contribution in [1.82, 2.24) is 9.97 Å². The summed E-state index contributed by atoms with van der Waals surface area (Å²) in [5.74, 6) is 2.46. The number of nitrogens with one attached hydrogen (secondary N) is 1. The lowest BCUT2D eigenvalue weighted by atomic mass is 10.2. The first kappa shape index (κ1) is 12.1. The highest BCUT2D eigenvalue weighted by Gasteiger charge is 2.30. The monoisotopic (exact) mass is 234 g/mol. The minimum absolute atomic E-state index is 0.660. The van der Waals surface area contributed by atoms with E-state index in [1.165, 1.54) is 12.8 Å². The second-order valence-electron chi connectivity index (χ2n) is 5.05. The molecular weight excluding hydrogens is 212 g/mol. The average Bonchev–Trinajstić information content (AvgIpc) is 3.10. The summed E-state index contributed by atoms with van der Waals surface area (Å²) in [6.07, 6.45) is 4.44. The highest BCUT2D eigenvalue weighted by Crippen LogP contribution is 2.31. The van der Waals surface area contributed by atoms with Gasteiger partial charge in [0.1, 0.15) is 5.82 Å². The predicted octanol–water partition coefficient (Wildman–Crippen LogP) is 2.53.